The van der Waals surface area contributed by atoms with Gasteiger partial charge in [0.2, 0.25) is 18.6 Å². The van der Waals surface area contributed by atoms with Gasteiger partial charge < -0.3 is 23.9 Å². The molecular weight excluding hydrogens is 428 g/mol. The largest absolute Gasteiger partial charge is 0.497 e. The minimum Gasteiger partial charge on any atom is -0.497 e. The van der Waals surface area contributed by atoms with E-state index in [9.17, 15) is 4.79 Å². The number of ether oxygens (including phenoxy) is 3. The predicted octanol–water partition coefficient (Wildman–Crippen LogP) is 3.81. The van der Waals surface area contributed by atoms with E-state index < -0.39 is 0 Å². The van der Waals surface area contributed by atoms with E-state index in [1.165, 1.54) is 11.3 Å². The number of thioether (sulfide) groups is 1. The quantitative estimate of drug-likeness (QED) is 0.446. The van der Waals surface area contributed by atoms with Crippen LogP contribution < -0.4 is 19.5 Å². The molecule has 0 unspecified atom stereocenters. The molecule has 0 radical (unpaired) electrons. The van der Waals surface area contributed by atoms with Crippen LogP contribution in [0.15, 0.2) is 46.0 Å². The van der Waals surface area contributed by atoms with Crippen molar-refractivity contribution >= 4 is 44.4 Å². The first-order chi connectivity index (χ1) is 14.7. The zero-order valence-electron chi connectivity index (χ0n) is 15.6. The van der Waals surface area contributed by atoms with Gasteiger partial charge in [-0.15, -0.1) is 10.2 Å². The lowest BCUT2D eigenvalue weighted by molar-refractivity contribution is -0.113. The summed E-state index contributed by atoms with van der Waals surface area (Å²) in [6.45, 7) is 0.195. The van der Waals surface area contributed by atoms with Crippen molar-refractivity contribution < 1.29 is 23.4 Å². The number of nitrogens with zero attached hydrogens (tertiary/aromatic N) is 3. The maximum atomic E-state index is 12.3. The monoisotopic (exact) mass is 442 g/mol. The summed E-state index contributed by atoms with van der Waals surface area (Å²) in [7, 11) is 1.61. The third-order valence-corrected chi connectivity index (χ3v) is 5.95. The molecule has 3 heterocycles. The smallest absolute Gasteiger partial charge is 0.277 e. The lowest BCUT2D eigenvalue weighted by Gasteiger charge is -1.99. The molecule has 11 heteroatoms. The molecule has 0 saturated heterocycles. The third kappa shape index (κ3) is 3.76. The average Bonchev–Trinajstić information content (AvgIpc) is 3.49. The number of aromatic nitrogens is 3. The van der Waals surface area contributed by atoms with Gasteiger partial charge in [-0.25, -0.2) is 4.98 Å². The molecule has 4 aromatic rings. The van der Waals surface area contributed by atoms with Crippen LogP contribution in [0.4, 0.5) is 5.13 Å². The van der Waals surface area contributed by atoms with Crippen molar-refractivity contribution in [2.45, 2.75) is 5.22 Å². The Kier molecular flexibility index (Phi) is 4.89. The fraction of sp³-hybridized carbons (Fsp3) is 0.158. The number of nitrogens with one attached hydrogen (secondary N) is 1. The fourth-order valence-electron chi connectivity index (χ4n) is 2.78. The molecule has 30 heavy (non-hydrogen) atoms. The van der Waals surface area contributed by atoms with Crippen molar-refractivity contribution in [3.8, 4) is 28.7 Å². The first-order valence-electron chi connectivity index (χ1n) is 8.79. The van der Waals surface area contributed by atoms with Crippen molar-refractivity contribution in [3.63, 3.8) is 0 Å². The van der Waals surface area contributed by atoms with Crippen molar-refractivity contribution in [3.05, 3.63) is 36.4 Å². The number of hydrogen-bond donors (Lipinski definition) is 1. The minimum absolute atomic E-state index is 0.113. The fourth-order valence-corrected chi connectivity index (χ4v) is 4.26. The zero-order chi connectivity index (χ0) is 20.5. The predicted molar refractivity (Wildman–Crippen MR) is 111 cm³/mol. The molecule has 0 aliphatic carbocycles. The van der Waals surface area contributed by atoms with Gasteiger partial charge in [0.05, 0.1) is 23.1 Å². The highest BCUT2D eigenvalue weighted by atomic mass is 32.2. The van der Waals surface area contributed by atoms with E-state index in [2.05, 4.69) is 20.5 Å². The Labute approximate surface area is 178 Å². The highest BCUT2D eigenvalue weighted by Crippen LogP contribution is 2.36. The molecule has 0 atom stereocenters. The number of fused-ring (bicyclic) bond motifs is 2. The molecule has 2 aromatic heterocycles. The van der Waals surface area contributed by atoms with Gasteiger partial charge in [0, 0.05) is 5.56 Å². The number of carbonyl (C=O) groups is 1. The normalized spacial score (nSPS) is 12.3. The number of hydrogen-bond acceptors (Lipinski definition) is 10. The van der Waals surface area contributed by atoms with Crippen molar-refractivity contribution in [1.82, 2.24) is 15.2 Å². The van der Waals surface area contributed by atoms with Gasteiger partial charge >= 0.3 is 0 Å². The third-order valence-electron chi connectivity index (χ3n) is 4.19. The summed E-state index contributed by atoms with van der Waals surface area (Å²) in [5.41, 5.74) is 1.52. The van der Waals surface area contributed by atoms with Crippen LogP contribution in [0.1, 0.15) is 0 Å². The van der Waals surface area contributed by atoms with Crippen LogP contribution >= 0.6 is 23.1 Å². The molecular formula is C19H14N4O5S2. The van der Waals surface area contributed by atoms with Crippen LogP contribution in [0.2, 0.25) is 0 Å². The Morgan fingerprint density at radius 1 is 1.20 bits per heavy atom. The van der Waals surface area contributed by atoms with Gasteiger partial charge in [-0.2, -0.15) is 0 Å². The Morgan fingerprint density at radius 2 is 2.10 bits per heavy atom. The summed E-state index contributed by atoms with van der Waals surface area (Å²) in [4.78, 5) is 16.7. The number of carbonyl (C=O) groups excluding carboxylic acids is 1. The first-order valence-corrected chi connectivity index (χ1v) is 10.6. The van der Waals surface area contributed by atoms with Gasteiger partial charge in [0.25, 0.3) is 5.22 Å². The summed E-state index contributed by atoms with van der Waals surface area (Å²) < 4.78 is 22.4. The molecule has 1 aliphatic heterocycles. The topological polar surface area (TPSA) is 109 Å². The number of anilines is 1. The number of amides is 1. The molecule has 0 fully saturated rings. The number of thiazole rings is 1. The second-order valence-corrected chi connectivity index (χ2v) is 8.09. The molecule has 1 N–H and O–H groups in total. The first kappa shape index (κ1) is 18.7. The van der Waals surface area contributed by atoms with E-state index in [1.807, 2.05) is 24.3 Å². The van der Waals surface area contributed by atoms with E-state index in [0.29, 0.717) is 33.3 Å². The SMILES string of the molecule is COc1ccc2nc(NC(=O)CSc3nnc(-c4ccc5c(c4)OCO5)o3)sc2c1. The maximum Gasteiger partial charge on any atom is 0.277 e. The standard InChI is InChI=1S/C19H14N4O5S2/c1-25-11-3-4-12-15(7-11)30-18(20-12)21-16(24)8-29-19-23-22-17(28-19)10-2-5-13-14(6-10)27-9-26-13/h2-7H,8-9H2,1H3,(H,20,21,24). The summed E-state index contributed by atoms with van der Waals surface area (Å²) in [5.74, 6) is 2.30. The molecule has 5 rings (SSSR count). The lowest BCUT2D eigenvalue weighted by atomic mass is 10.2. The lowest BCUT2D eigenvalue weighted by Crippen LogP contribution is -2.13. The van der Waals surface area contributed by atoms with Crippen LogP contribution in [-0.4, -0.2) is 40.7 Å². The number of benzene rings is 2. The molecule has 0 spiro atoms. The number of methoxy groups -OCH3 is 1. The van der Waals surface area contributed by atoms with Crippen LogP contribution in [0.3, 0.4) is 0 Å². The number of rotatable bonds is 6. The van der Waals surface area contributed by atoms with Gasteiger partial charge in [-0.1, -0.05) is 23.1 Å². The molecule has 1 amide bonds. The van der Waals surface area contributed by atoms with Gasteiger partial charge in [-0.05, 0) is 36.4 Å². The van der Waals surface area contributed by atoms with Crippen LogP contribution in [0, 0.1) is 0 Å². The Balaban J connectivity index is 1.21. The molecule has 152 valence electrons. The second-order valence-electron chi connectivity index (χ2n) is 6.13. The van der Waals surface area contributed by atoms with Crippen LogP contribution in [0.5, 0.6) is 17.2 Å². The summed E-state index contributed by atoms with van der Waals surface area (Å²) >= 11 is 2.53. The van der Waals surface area contributed by atoms with Crippen LogP contribution in [0.25, 0.3) is 21.7 Å². The second kappa shape index (κ2) is 7.84. The van der Waals surface area contributed by atoms with E-state index in [0.717, 1.165) is 27.7 Å². The summed E-state index contributed by atoms with van der Waals surface area (Å²) in [5, 5.41) is 11.6. The van der Waals surface area contributed by atoms with Gasteiger partial charge in [-0.3, -0.25) is 4.79 Å². The summed E-state index contributed by atoms with van der Waals surface area (Å²) in [6, 6.07) is 10.9. The molecule has 0 bridgehead atoms. The molecule has 9 nitrogen and oxygen atoms in total. The van der Waals surface area contributed by atoms with Crippen molar-refractivity contribution in [2.24, 2.45) is 0 Å². The molecule has 1 aliphatic rings. The minimum atomic E-state index is -0.214. The average molecular weight is 442 g/mol. The highest BCUT2D eigenvalue weighted by Gasteiger charge is 2.17. The molecule has 0 saturated carbocycles. The Hall–Kier alpha value is -3.31. The van der Waals surface area contributed by atoms with E-state index >= 15 is 0 Å². The van der Waals surface area contributed by atoms with E-state index in [1.54, 1.807) is 19.2 Å². The summed E-state index contributed by atoms with van der Waals surface area (Å²) in [6.07, 6.45) is 0. The van der Waals surface area contributed by atoms with E-state index in [4.69, 9.17) is 18.6 Å². The van der Waals surface area contributed by atoms with Gasteiger partial charge in [0.1, 0.15) is 5.75 Å². The highest BCUT2D eigenvalue weighted by molar-refractivity contribution is 7.99. The van der Waals surface area contributed by atoms with Crippen molar-refractivity contribution in [2.75, 3.05) is 25.0 Å². The van der Waals surface area contributed by atoms with Crippen LogP contribution in [-0.2, 0) is 4.79 Å². The van der Waals surface area contributed by atoms with E-state index in [-0.39, 0.29) is 18.5 Å². The van der Waals surface area contributed by atoms with Gasteiger partial charge in [0.15, 0.2) is 16.6 Å². The molecule has 2 aromatic carbocycles. The Morgan fingerprint density at radius 3 is 3.00 bits per heavy atom. The zero-order valence-corrected chi connectivity index (χ0v) is 17.2. The maximum absolute atomic E-state index is 12.3. The van der Waals surface area contributed by atoms with Crippen molar-refractivity contribution in [1.29, 1.82) is 0 Å². The Bertz CT molecular complexity index is 1240.